The van der Waals surface area contributed by atoms with Gasteiger partial charge in [0.2, 0.25) is 5.95 Å². The topological polar surface area (TPSA) is 49.8 Å². The Kier molecular flexibility index (Phi) is 3.22. The first-order chi connectivity index (χ1) is 8.42. The molecule has 0 spiro atoms. The van der Waals surface area contributed by atoms with Gasteiger partial charge in [-0.1, -0.05) is 19.3 Å². The van der Waals surface area contributed by atoms with E-state index in [4.69, 9.17) is 0 Å². The Balaban J connectivity index is 1.62. The molecule has 0 atom stereocenters. The lowest BCUT2D eigenvalue weighted by Crippen LogP contribution is -2.51. The Bertz CT molecular complexity index is 352. The first-order valence-corrected chi connectivity index (χ1v) is 6.71. The van der Waals surface area contributed by atoms with E-state index in [2.05, 4.69) is 20.6 Å². The molecule has 3 rings (SSSR count). The van der Waals surface area contributed by atoms with Crippen LogP contribution >= 0.6 is 0 Å². The minimum absolute atomic E-state index is 0.510. The minimum atomic E-state index is 0.510. The fourth-order valence-electron chi connectivity index (χ4n) is 2.63. The van der Waals surface area contributed by atoms with Crippen molar-refractivity contribution in [1.82, 2.24) is 15.3 Å². The van der Waals surface area contributed by atoms with Crippen molar-refractivity contribution in [3.63, 3.8) is 0 Å². The van der Waals surface area contributed by atoms with Crippen LogP contribution in [0.15, 0.2) is 12.4 Å². The molecule has 0 unspecified atom stereocenters. The molecule has 1 aromatic rings. The number of aromatic nitrogens is 2. The first-order valence-electron chi connectivity index (χ1n) is 6.71. The van der Waals surface area contributed by atoms with Gasteiger partial charge in [-0.2, -0.15) is 0 Å². The number of nitrogens with zero attached hydrogens (tertiary/aromatic N) is 2. The third-order valence-electron chi connectivity index (χ3n) is 3.86. The molecule has 0 radical (unpaired) electrons. The molecular weight excluding hydrogens is 212 g/mol. The van der Waals surface area contributed by atoms with Crippen LogP contribution in [-0.4, -0.2) is 29.1 Å². The van der Waals surface area contributed by atoms with Crippen molar-refractivity contribution < 1.29 is 0 Å². The zero-order valence-electron chi connectivity index (χ0n) is 10.2. The van der Waals surface area contributed by atoms with E-state index in [1.807, 2.05) is 12.4 Å². The second-order valence-electron chi connectivity index (χ2n) is 5.17. The Morgan fingerprint density at radius 1 is 1.06 bits per heavy atom. The molecule has 2 heterocycles. The largest absolute Gasteiger partial charge is 0.349 e. The summed E-state index contributed by atoms with van der Waals surface area (Å²) in [4.78, 5) is 8.85. The van der Waals surface area contributed by atoms with E-state index < -0.39 is 0 Å². The lowest BCUT2D eigenvalue weighted by Gasteiger charge is -2.28. The van der Waals surface area contributed by atoms with Crippen molar-refractivity contribution in [3.05, 3.63) is 18.0 Å². The van der Waals surface area contributed by atoms with Gasteiger partial charge in [-0.15, -0.1) is 0 Å². The summed E-state index contributed by atoms with van der Waals surface area (Å²) in [6, 6.07) is 0.510. The predicted molar refractivity (Wildman–Crippen MR) is 68.1 cm³/mol. The molecule has 1 aliphatic carbocycles. The number of nitrogens with one attached hydrogen (secondary N) is 2. The van der Waals surface area contributed by atoms with Crippen molar-refractivity contribution >= 4 is 5.95 Å². The quantitative estimate of drug-likeness (QED) is 0.836. The number of hydrogen-bond acceptors (Lipinski definition) is 4. The van der Waals surface area contributed by atoms with Gasteiger partial charge in [0.05, 0.1) is 6.04 Å². The van der Waals surface area contributed by atoms with Crippen molar-refractivity contribution in [3.8, 4) is 0 Å². The van der Waals surface area contributed by atoms with Gasteiger partial charge in [0, 0.05) is 25.5 Å². The summed E-state index contributed by atoms with van der Waals surface area (Å²) < 4.78 is 0. The van der Waals surface area contributed by atoms with E-state index in [1.165, 1.54) is 37.7 Å². The Hall–Kier alpha value is -1.16. The van der Waals surface area contributed by atoms with E-state index in [1.54, 1.807) is 0 Å². The summed E-state index contributed by atoms with van der Waals surface area (Å²) in [5, 5.41) is 6.55. The fourth-order valence-corrected chi connectivity index (χ4v) is 2.63. The van der Waals surface area contributed by atoms with Crippen LogP contribution in [0.1, 0.15) is 43.6 Å². The molecule has 0 bridgehead atoms. The average Bonchev–Trinajstić information content (AvgIpc) is 2.36. The molecule has 0 amide bonds. The second-order valence-corrected chi connectivity index (χ2v) is 5.17. The lowest BCUT2D eigenvalue weighted by atomic mass is 9.85. The molecule has 1 saturated carbocycles. The fraction of sp³-hybridized carbons (Fsp3) is 0.692. The third kappa shape index (κ3) is 2.57. The normalized spacial score (nSPS) is 22.1. The number of rotatable bonds is 3. The van der Waals surface area contributed by atoms with Gasteiger partial charge in [-0.25, -0.2) is 9.97 Å². The first kappa shape index (κ1) is 11.0. The predicted octanol–water partition coefficient (Wildman–Crippen LogP) is 1.91. The molecule has 4 nitrogen and oxygen atoms in total. The van der Waals surface area contributed by atoms with Gasteiger partial charge in [0.25, 0.3) is 0 Å². The van der Waals surface area contributed by atoms with E-state index in [0.29, 0.717) is 12.0 Å². The molecule has 4 heteroatoms. The van der Waals surface area contributed by atoms with Crippen LogP contribution in [-0.2, 0) is 0 Å². The van der Waals surface area contributed by atoms with E-state index >= 15 is 0 Å². The second kappa shape index (κ2) is 5.00. The summed E-state index contributed by atoms with van der Waals surface area (Å²) in [5.74, 6) is 1.47. The maximum absolute atomic E-state index is 4.43. The van der Waals surface area contributed by atoms with Crippen molar-refractivity contribution in [2.45, 2.75) is 44.1 Å². The third-order valence-corrected chi connectivity index (χ3v) is 3.86. The Morgan fingerprint density at radius 2 is 1.76 bits per heavy atom. The van der Waals surface area contributed by atoms with Gasteiger partial charge in [-0.05, 0) is 24.3 Å². The monoisotopic (exact) mass is 232 g/mol. The van der Waals surface area contributed by atoms with Gasteiger partial charge < -0.3 is 10.6 Å². The summed E-state index contributed by atoms with van der Waals surface area (Å²) in [7, 11) is 0. The van der Waals surface area contributed by atoms with Gasteiger partial charge in [0.15, 0.2) is 0 Å². The average molecular weight is 232 g/mol. The molecule has 1 saturated heterocycles. The zero-order valence-corrected chi connectivity index (χ0v) is 10.2. The van der Waals surface area contributed by atoms with Crippen LogP contribution in [0.2, 0.25) is 0 Å². The Morgan fingerprint density at radius 3 is 2.35 bits per heavy atom. The van der Waals surface area contributed by atoms with Crippen LogP contribution in [0.5, 0.6) is 0 Å². The standard InChI is InChI=1S/C13H20N4/c1-2-4-10(5-3-1)11-6-15-13(16-7-11)17-12-8-14-9-12/h6-7,10,12,14H,1-5,8-9H2,(H,15,16,17). The minimum Gasteiger partial charge on any atom is -0.349 e. The van der Waals surface area contributed by atoms with Crippen LogP contribution in [0, 0.1) is 0 Å². The summed E-state index contributed by atoms with van der Waals surface area (Å²) in [6.07, 6.45) is 10.8. The Labute approximate surface area is 102 Å². The highest BCUT2D eigenvalue weighted by Crippen LogP contribution is 2.31. The van der Waals surface area contributed by atoms with Crippen LogP contribution < -0.4 is 10.6 Å². The molecular formula is C13H20N4. The summed E-state index contributed by atoms with van der Waals surface area (Å²) in [5.41, 5.74) is 1.32. The highest BCUT2D eigenvalue weighted by molar-refractivity contribution is 5.28. The maximum Gasteiger partial charge on any atom is 0.222 e. The molecule has 0 aromatic carbocycles. The molecule has 1 aliphatic heterocycles. The van der Waals surface area contributed by atoms with E-state index in [-0.39, 0.29) is 0 Å². The lowest BCUT2D eigenvalue weighted by molar-refractivity contribution is 0.441. The van der Waals surface area contributed by atoms with E-state index in [9.17, 15) is 0 Å². The smallest absolute Gasteiger partial charge is 0.222 e. The molecule has 1 aromatic heterocycles. The van der Waals surface area contributed by atoms with Crippen molar-refractivity contribution in [2.75, 3.05) is 18.4 Å². The van der Waals surface area contributed by atoms with Gasteiger partial charge in [-0.3, -0.25) is 0 Å². The van der Waals surface area contributed by atoms with Gasteiger partial charge >= 0.3 is 0 Å². The van der Waals surface area contributed by atoms with E-state index in [0.717, 1.165) is 19.0 Å². The zero-order chi connectivity index (χ0) is 11.5. The molecule has 2 N–H and O–H groups in total. The van der Waals surface area contributed by atoms with Crippen LogP contribution in [0.25, 0.3) is 0 Å². The highest BCUT2D eigenvalue weighted by Gasteiger charge is 2.18. The summed E-state index contributed by atoms with van der Waals surface area (Å²) in [6.45, 7) is 2.04. The van der Waals surface area contributed by atoms with Gasteiger partial charge in [0.1, 0.15) is 0 Å². The summed E-state index contributed by atoms with van der Waals surface area (Å²) >= 11 is 0. The maximum atomic E-state index is 4.43. The molecule has 2 aliphatic rings. The molecule has 2 fully saturated rings. The highest BCUT2D eigenvalue weighted by atomic mass is 15.2. The molecule has 17 heavy (non-hydrogen) atoms. The number of anilines is 1. The van der Waals surface area contributed by atoms with Crippen molar-refractivity contribution in [1.29, 1.82) is 0 Å². The van der Waals surface area contributed by atoms with Crippen LogP contribution in [0.3, 0.4) is 0 Å². The van der Waals surface area contributed by atoms with Crippen LogP contribution in [0.4, 0.5) is 5.95 Å². The molecule has 92 valence electrons. The van der Waals surface area contributed by atoms with Crippen molar-refractivity contribution in [2.24, 2.45) is 0 Å². The SMILES string of the molecule is c1nc(NC2CNC2)ncc1C1CCCCC1. The number of hydrogen-bond donors (Lipinski definition) is 2.